The second kappa shape index (κ2) is 7.48. The van der Waals surface area contributed by atoms with E-state index in [1.165, 1.54) is 34.9 Å². The highest BCUT2D eigenvalue weighted by Crippen LogP contribution is 2.42. The fourth-order valence-corrected chi connectivity index (χ4v) is 4.21. The largest absolute Gasteiger partial charge is 0.486 e. The van der Waals surface area contributed by atoms with Crippen molar-refractivity contribution in [2.24, 2.45) is 0 Å². The Kier molecular flexibility index (Phi) is 4.89. The van der Waals surface area contributed by atoms with Gasteiger partial charge in [0, 0.05) is 5.69 Å². The molecule has 6 nitrogen and oxygen atoms in total. The fourth-order valence-electron chi connectivity index (χ4n) is 3.04. The van der Waals surface area contributed by atoms with Crippen molar-refractivity contribution in [3.8, 4) is 11.5 Å². The summed E-state index contributed by atoms with van der Waals surface area (Å²) in [6.45, 7) is 0.879. The molecule has 0 saturated carbocycles. The summed E-state index contributed by atoms with van der Waals surface area (Å²) in [5.74, 6) is 0.687. The van der Waals surface area contributed by atoms with E-state index in [1.54, 1.807) is 6.07 Å². The lowest BCUT2D eigenvalue weighted by Gasteiger charge is -2.25. The monoisotopic (exact) mass is 388 g/mol. The van der Waals surface area contributed by atoms with Gasteiger partial charge in [-0.1, -0.05) is 12.1 Å². The number of benzene rings is 2. The van der Waals surface area contributed by atoms with Gasteiger partial charge in [-0.15, -0.1) is 11.8 Å². The molecule has 0 aliphatic carbocycles. The minimum atomic E-state index is -0.435. The van der Waals surface area contributed by atoms with Crippen LogP contribution in [0.15, 0.2) is 42.5 Å². The molecule has 2 aromatic rings. The number of carbonyl (C=O) groups excluding carboxylic acids is 2. The molecule has 1 saturated heterocycles. The van der Waals surface area contributed by atoms with Gasteiger partial charge in [-0.2, -0.15) is 0 Å². The number of hydrogen-bond acceptors (Lipinski definition) is 5. The molecule has 27 heavy (non-hydrogen) atoms. The average Bonchev–Trinajstić information content (AvgIpc) is 3.02. The summed E-state index contributed by atoms with van der Waals surface area (Å²) >= 11 is 1.45. The van der Waals surface area contributed by atoms with E-state index in [0.29, 0.717) is 36.2 Å². The van der Waals surface area contributed by atoms with Crippen molar-refractivity contribution in [2.75, 3.05) is 30.8 Å². The van der Waals surface area contributed by atoms with E-state index in [4.69, 9.17) is 9.47 Å². The van der Waals surface area contributed by atoms with E-state index >= 15 is 0 Å². The van der Waals surface area contributed by atoms with E-state index in [2.05, 4.69) is 5.32 Å². The number of rotatable bonds is 4. The molecule has 2 heterocycles. The summed E-state index contributed by atoms with van der Waals surface area (Å²) in [4.78, 5) is 26.2. The summed E-state index contributed by atoms with van der Waals surface area (Å²) in [5, 5.41) is 2.34. The fraction of sp³-hybridized carbons (Fsp3) is 0.263. The molecule has 1 fully saturated rings. The minimum absolute atomic E-state index is 0.110. The van der Waals surface area contributed by atoms with Crippen LogP contribution < -0.4 is 14.8 Å². The van der Waals surface area contributed by atoms with Crippen LogP contribution in [0.5, 0.6) is 11.5 Å². The van der Waals surface area contributed by atoms with Crippen LogP contribution in [0.4, 0.5) is 10.1 Å². The van der Waals surface area contributed by atoms with Crippen LogP contribution in [0, 0.1) is 5.82 Å². The van der Waals surface area contributed by atoms with E-state index in [9.17, 15) is 14.0 Å². The molecule has 0 radical (unpaired) electrons. The van der Waals surface area contributed by atoms with Crippen LogP contribution in [0.1, 0.15) is 10.9 Å². The SMILES string of the molecule is O=C(CN1C(=O)CS[C@H]1c1ccc2c(c1)OCCO2)Nc1cccc(F)c1. The number of nitrogens with zero attached hydrogens (tertiary/aromatic N) is 1. The third kappa shape index (κ3) is 3.85. The predicted molar refractivity (Wildman–Crippen MR) is 99.4 cm³/mol. The molecule has 8 heteroatoms. The van der Waals surface area contributed by atoms with Gasteiger partial charge < -0.3 is 19.7 Å². The Morgan fingerprint density at radius 2 is 2.00 bits per heavy atom. The van der Waals surface area contributed by atoms with Gasteiger partial charge in [-0.05, 0) is 35.9 Å². The number of anilines is 1. The number of carbonyl (C=O) groups is 2. The summed E-state index contributed by atoms with van der Waals surface area (Å²) in [7, 11) is 0. The maximum absolute atomic E-state index is 13.3. The van der Waals surface area contributed by atoms with E-state index in [0.717, 1.165) is 5.56 Å². The molecule has 1 N–H and O–H groups in total. The molecule has 140 valence electrons. The number of ether oxygens (including phenoxy) is 2. The summed E-state index contributed by atoms with van der Waals surface area (Å²) in [5.41, 5.74) is 1.23. The van der Waals surface area contributed by atoms with Crippen molar-refractivity contribution in [1.82, 2.24) is 4.90 Å². The lowest BCUT2D eigenvalue weighted by atomic mass is 10.1. The average molecular weight is 388 g/mol. The van der Waals surface area contributed by atoms with Crippen LogP contribution in [-0.2, 0) is 9.59 Å². The second-order valence-corrected chi connectivity index (χ2v) is 7.22. The van der Waals surface area contributed by atoms with Crippen molar-refractivity contribution in [1.29, 1.82) is 0 Å². The van der Waals surface area contributed by atoms with Gasteiger partial charge in [0.15, 0.2) is 11.5 Å². The lowest BCUT2D eigenvalue weighted by molar-refractivity contribution is -0.132. The Bertz CT molecular complexity index is 892. The van der Waals surface area contributed by atoms with Gasteiger partial charge >= 0.3 is 0 Å². The van der Waals surface area contributed by atoms with Gasteiger partial charge in [0.1, 0.15) is 30.9 Å². The van der Waals surface area contributed by atoms with Crippen molar-refractivity contribution < 1.29 is 23.5 Å². The van der Waals surface area contributed by atoms with E-state index in [-0.39, 0.29) is 23.7 Å². The van der Waals surface area contributed by atoms with Crippen LogP contribution in [0.25, 0.3) is 0 Å². The zero-order valence-electron chi connectivity index (χ0n) is 14.3. The zero-order valence-corrected chi connectivity index (χ0v) is 15.1. The molecule has 4 rings (SSSR count). The Hall–Kier alpha value is -2.74. The van der Waals surface area contributed by atoms with Crippen molar-refractivity contribution >= 4 is 29.3 Å². The third-order valence-corrected chi connectivity index (χ3v) is 5.50. The van der Waals surface area contributed by atoms with Crippen molar-refractivity contribution in [3.63, 3.8) is 0 Å². The Balaban J connectivity index is 1.49. The van der Waals surface area contributed by atoms with Crippen LogP contribution in [0.2, 0.25) is 0 Å². The van der Waals surface area contributed by atoms with Crippen LogP contribution in [-0.4, -0.2) is 42.2 Å². The summed E-state index contributed by atoms with van der Waals surface area (Å²) < 4.78 is 24.4. The molecule has 0 spiro atoms. The molecular weight excluding hydrogens is 371 g/mol. The number of fused-ring (bicyclic) bond motifs is 1. The molecule has 0 aromatic heterocycles. The smallest absolute Gasteiger partial charge is 0.244 e. The van der Waals surface area contributed by atoms with Crippen LogP contribution >= 0.6 is 11.8 Å². The molecule has 2 amide bonds. The molecule has 2 aliphatic rings. The Morgan fingerprint density at radius 3 is 2.81 bits per heavy atom. The topological polar surface area (TPSA) is 67.9 Å². The van der Waals surface area contributed by atoms with E-state index < -0.39 is 5.82 Å². The summed E-state index contributed by atoms with van der Waals surface area (Å²) in [6.07, 6.45) is 0. The normalized spacial score (nSPS) is 18.5. The molecular formula is C19H17FN2O4S. The maximum Gasteiger partial charge on any atom is 0.244 e. The highest BCUT2D eigenvalue weighted by molar-refractivity contribution is 8.00. The van der Waals surface area contributed by atoms with Gasteiger partial charge in [-0.25, -0.2) is 4.39 Å². The van der Waals surface area contributed by atoms with E-state index in [1.807, 2.05) is 18.2 Å². The molecule has 0 bridgehead atoms. The number of halogens is 1. The van der Waals surface area contributed by atoms with Gasteiger partial charge in [0.25, 0.3) is 0 Å². The van der Waals surface area contributed by atoms with Crippen LogP contribution in [0.3, 0.4) is 0 Å². The first-order valence-electron chi connectivity index (χ1n) is 8.46. The maximum atomic E-state index is 13.3. The second-order valence-electron chi connectivity index (χ2n) is 6.15. The van der Waals surface area contributed by atoms with Gasteiger partial charge in [0.05, 0.1) is 5.75 Å². The molecule has 0 unspecified atom stereocenters. The first-order valence-corrected chi connectivity index (χ1v) is 9.51. The van der Waals surface area contributed by atoms with Gasteiger partial charge in [0.2, 0.25) is 11.8 Å². The highest BCUT2D eigenvalue weighted by Gasteiger charge is 2.34. The molecule has 2 aromatic carbocycles. The number of thioether (sulfide) groups is 1. The first kappa shape index (κ1) is 17.7. The number of amides is 2. The Labute approximate surface area is 159 Å². The lowest BCUT2D eigenvalue weighted by Crippen LogP contribution is -2.36. The standard InChI is InChI=1S/C19H17FN2O4S/c20-13-2-1-3-14(9-13)21-17(23)10-22-18(24)11-27-19(22)12-4-5-15-16(8-12)26-7-6-25-15/h1-5,8-9,19H,6-7,10-11H2,(H,21,23)/t19-/m0/s1. The quantitative estimate of drug-likeness (QED) is 0.872. The minimum Gasteiger partial charge on any atom is -0.486 e. The summed E-state index contributed by atoms with van der Waals surface area (Å²) in [6, 6.07) is 11.2. The third-order valence-electron chi connectivity index (χ3n) is 4.24. The predicted octanol–water partition coefficient (Wildman–Crippen LogP) is 2.81. The van der Waals surface area contributed by atoms with Crippen molar-refractivity contribution in [2.45, 2.75) is 5.37 Å². The van der Waals surface area contributed by atoms with Gasteiger partial charge in [-0.3, -0.25) is 9.59 Å². The molecule has 1 atom stereocenters. The highest BCUT2D eigenvalue weighted by atomic mass is 32.2. The van der Waals surface area contributed by atoms with Crippen molar-refractivity contribution in [3.05, 3.63) is 53.8 Å². The number of nitrogens with one attached hydrogen (secondary N) is 1. The first-order chi connectivity index (χ1) is 13.1. The molecule has 2 aliphatic heterocycles. The Morgan fingerprint density at radius 1 is 1.19 bits per heavy atom. The number of hydrogen-bond donors (Lipinski definition) is 1. The zero-order chi connectivity index (χ0) is 18.8.